The maximum atomic E-state index is 4.10. The Morgan fingerprint density at radius 3 is 2.19 bits per heavy atom. The van der Waals surface area contributed by atoms with Gasteiger partial charge in [-0.15, -0.1) is 0 Å². The van der Waals surface area contributed by atoms with E-state index in [0.717, 1.165) is 12.2 Å². The average Bonchev–Trinajstić information content (AvgIpc) is 2.80. The molecule has 1 N–H and O–H groups in total. The first-order valence-corrected chi connectivity index (χ1v) is 6.84. The molecular formula is C14H25N2. The third-order valence-corrected chi connectivity index (χ3v) is 3.02. The van der Waals surface area contributed by atoms with E-state index in [1.54, 1.807) is 6.20 Å². The quantitative estimate of drug-likeness (QED) is 0.587. The highest BCUT2D eigenvalue weighted by molar-refractivity contribution is 4.85. The number of rotatable bonds is 10. The number of hydrogen-bond donors (Lipinski definition) is 1. The van der Waals surface area contributed by atoms with Gasteiger partial charge in [-0.05, 0) is 6.42 Å². The Kier molecular flexibility index (Phi) is 7.83. The van der Waals surface area contributed by atoms with Gasteiger partial charge in [0.2, 0.25) is 0 Å². The summed E-state index contributed by atoms with van der Waals surface area (Å²) in [5.74, 6) is 1.09. The van der Waals surface area contributed by atoms with Crippen LogP contribution in [0, 0.1) is 6.20 Å². The van der Waals surface area contributed by atoms with Gasteiger partial charge < -0.3 is 4.98 Å². The molecule has 0 saturated heterocycles. The molecule has 0 aliphatic rings. The largest absolute Gasteiger partial charge is 0.348 e. The highest BCUT2D eigenvalue weighted by atomic mass is 14.9. The molecule has 0 saturated carbocycles. The van der Waals surface area contributed by atoms with Gasteiger partial charge in [0.15, 0.2) is 0 Å². The lowest BCUT2D eigenvalue weighted by atomic mass is 10.1. The van der Waals surface area contributed by atoms with E-state index in [9.17, 15) is 0 Å². The second-order valence-corrected chi connectivity index (χ2v) is 4.55. The number of nitrogens with one attached hydrogen (secondary N) is 1. The molecular weight excluding hydrogens is 196 g/mol. The van der Waals surface area contributed by atoms with Crippen molar-refractivity contribution in [3.63, 3.8) is 0 Å². The Bertz CT molecular complexity index is 229. The molecule has 16 heavy (non-hydrogen) atoms. The molecule has 2 heteroatoms. The molecule has 2 nitrogen and oxygen atoms in total. The van der Waals surface area contributed by atoms with Crippen LogP contribution in [0.15, 0.2) is 6.20 Å². The lowest BCUT2D eigenvalue weighted by molar-refractivity contribution is 0.562. The number of imidazole rings is 1. The molecule has 0 fully saturated rings. The number of hydrogen-bond acceptors (Lipinski definition) is 1. The maximum Gasteiger partial charge on any atom is 0.108 e. The van der Waals surface area contributed by atoms with Crippen molar-refractivity contribution in [1.82, 2.24) is 9.97 Å². The summed E-state index contributed by atoms with van der Waals surface area (Å²) >= 11 is 0. The van der Waals surface area contributed by atoms with Crippen molar-refractivity contribution in [2.24, 2.45) is 0 Å². The number of aromatic nitrogens is 2. The van der Waals surface area contributed by atoms with E-state index in [1.165, 1.54) is 57.8 Å². The molecule has 0 aliphatic heterocycles. The molecule has 1 aromatic rings. The molecule has 0 atom stereocenters. The van der Waals surface area contributed by atoms with Crippen LogP contribution in [0.25, 0.3) is 0 Å². The van der Waals surface area contributed by atoms with E-state index in [1.807, 2.05) is 0 Å². The third kappa shape index (κ3) is 6.65. The van der Waals surface area contributed by atoms with E-state index in [-0.39, 0.29) is 0 Å². The molecule has 91 valence electrons. The molecule has 0 bridgehead atoms. The van der Waals surface area contributed by atoms with E-state index in [2.05, 4.69) is 23.1 Å². The summed E-state index contributed by atoms with van der Waals surface area (Å²) < 4.78 is 0. The zero-order valence-electron chi connectivity index (χ0n) is 10.6. The fraction of sp³-hybridized carbons (Fsp3) is 0.786. The van der Waals surface area contributed by atoms with Crippen molar-refractivity contribution in [2.75, 3.05) is 0 Å². The summed E-state index contributed by atoms with van der Waals surface area (Å²) in [5, 5.41) is 0. The van der Waals surface area contributed by atoms with E-state index in [0.29, 0.717) is 0 Å². The summed E-state index contributed by atoms with van der Waals surface area (Å²) in [5.41, 5.74) is 0. The fourth-order valence-corrected chi connectivity index (χ4v) is 1.99. The zero-order chi connectivity index (χ0) is 11.5. The molecule has 0 unspecified atom stereocenters. The first kappa shape index (κ1) is 13.3. The van der Waals surface area contributed by atoms with Crippen molar-refractivity contribution in [1.29, 1.82) is 0 Å². The van der Waals surface area contributed by atoms with Crippen molar-refractivity contribution >= 4 is 0 Å². The van der Waals surface area contributed by atoms with Gasteiger partial charge in [0.05, 0.1) is 0 Å². The predicted molar refractivity (Wildman–Crippen MR) is 68.4 cm³/mol. The van der Waals surface area contributed by atoms with Crippen molar-refractivity contribution < 1.29 is 0 Å². The van der Waals surface area contributed by atoms with E-state index >= 15 is 0 Å². The SMILES string of the molecule is CCCCCCCCCCCc1n[c]c[nH]1. The Morgan fingerprint density at radius 2 is 1.62 bits per heavy atom. The molecule has 1 aromatic heterocycles. The molecule has 0 aliphatic carbocycles. The van der Waals surface area contributed by atoms with Gasteiger partial charge in [0, 0.05) is 12.6 Å². The average molecular weight is 221 g/mol. The van der Waals surface area contributed by atoms with Crippen LogP contribution in [-0.4, -0.2) is 9.97 Å². The predicted octanol–water partition coefficient (Wildman–Crippen LogP) is 4.28. The van der Waals surface area contributed by atoms with Gasteiger partial charge in [0.1, 0.15) is 12.0 Å². The van der Waals surface area contributed by atoms with Crippen molar-refractivity contribution in [3.05, 3.63) is 18.2 Å². The van der Waals surface area contributed by atoms with Crippen molar-refractivity contribution in [2.45, 2.75) is 71.1 Å². The minimum absolute atomic E-state index is 1.08. The van der Waals surface area contributed by atoms with Gasteiger partial charge in [-0.3, -0.25) is 0 Å². The molecule has 1 heterocycles. The van der Waals surface area contributed by atoms with Crippen LogP contribution in [0.3, 0.4) is 0 Å². The molecule has 0 amide bonds. The normalized spacial score (nSPS) is 10.8. The number of aryl methyl sites for hydroxylation is 1. The minimum Gasteiger partial charge on any atom is -0.348 e. The number of H-pyrrole nitrogens is 1. The Balaban J connectivity index is 1.78. The van der Waals surface area contributed by atoms with E-state index < -0.39 is 0 Å². The molecule has 0 aromatic carbocycles. The first-order valence-electron chi connectivity index (χ1n) is 6.84. The van der Waals surface area contributed by atoms with Crippen LogP contribution in [0.4, 0.5) is 0 Å². The summed E-state index contributed by atoms with van der Waals surface area (Å²) in [7, 11) is 0. The summed E-state index contributed by atoms with van der Waals surface area (Å²) in [6.45, 7) is 2.27. The van der Waals surface area contributed by atoms with Crippen LogP contribution in [0.2, 0.25) is 0 Å². The summed E-state index contributed by atoms with van der Waals surface area (Å²) in [4.78, 5) is 7.20. The number of unbranched alkanes of at least 4 members (excludes halogenated alkanes) is 8. The topological polar surface area (TPSA) is 28.7 Å². The lowest BCUT2D eigenvalue weighted by Crippen LogP contribution is -1.88. The van der Waals surface area contributed by atoms with Gasteiger partial charge in [0.25, 0.3) is 0 Å². The second-order valence-electron chi connectivity index (χ2n) is 4.55. The monoisotopic (exact) mass is 221 g/mol. The Hall–Kier alpha value is -0.790. The molecule has 1 rings (SSSR count). The fourth-order valence-electron chi connectivity index (χ4n) is 1.99. The standard InChI is InChI=1S/C14H25N2/c1-2-3-4-5-6-7-8-9-10-11-14-15-12-13-16-14/h12H,2-11H2,1H3,(H,15,16). The molecule has 1 radical (unpaired) electrons. The number of aromatic amines is 1. The maximum absolute atomic E-state index is 4.10. The van der Waals surface area contributed by atoms with Crippen LogP contribution < -0.4 is 0 Å². The van der Waals surface area contributed by atoms with Crippen LogP contribution >= 0.6 is 0 Å². The van der Waals surface area contributed by atoms with Gasteiger partial charge in [-0.1, -0.05) is 58.3 Å². The first-order chi connectivity index (χ1) is 7.93. The van der Waals surface area contributed by atoms with Gasteiger partial charge in [-0.25, -0.2) is 4.98 Å². The molecule has 0 spiro atoms. The van der Waals surface area contributed by atoms with Crippen LogP contribution in [0.1, 0.15) is 70.5 Å². The Labute approximate surface area is 99.9 Å². The third-order valence-electron chi connectivity index (χ3n) is 3.02. The summed E-state index contributed by atoms with van der Waals surface area (Å²) in [6, 6.07) is 0. The number of nitrogens with zero attached hydrogens (tertiary/aromatic N) is 1. The smallest absolute Gasteiger partial charge is 0.108 e. The van der Waals surface area contributed by atoms with Gasteiger partial charge in [-0.2, -0.15) is 0 Å². The van der Waals surface area contributed by atoms with Gasteiger partial charge >= 0.3 is 0 Å². The van der Waals surface area contributed by atoms with E-state index in [4.69, 9.17) is 0 Å². The van der Waals surface area contributed by atoms with Crippen LogP contribution in [0.5, 0.6) is 0 Å². The summed E-state index contributed by atoms with van der Waals surface area (Å²) in [6.07, 6.45) is 18.1. The lowest BCUT2D eigenvalue weighted by Gasteiger charge is -2.01. The van der Waals surface area contributed by atoms with Crippen molar-refractivity contribution in [3.8, 4) is 0 Å². The van der Waals surface area contributed by atoms with Crippen LogP contribution in [-0.2, 0) is 6.42 Å². The Morgan fingerprint density at radius 1 is 1.00 bits per heavy atom. The highest BCUT2D eigenvalue weighted by Gasteiger charge is 1.95. The zero-order valence-corrected chi connectivity index (χ0v) is 10.6. The minimum atomic E-state index is 1.08. The highest BCUT2D eigenvalue weighted by Crippen LogP contribution is 2.10. The second kappa shape index (κ2) is 9.44.